The first-order valence-electron chi connectivity index (χ1n) is 6.69. The van der Waals surface area contributed by atoms with Gasteiger partial charge in [-0.15, -0.1) is 0 Å². The molecule has 1 aromatic rings. The highest BCUT2D eigenvalue weighted by Crippen LogP contribution is 2.22. The third-order valence-electron chi connectivity index (χ3n) is 3.47. The maximum Gasteiger partial charge on any atom is 0.156 e. The van der Waals surface area contributed by atoms with Gasteiger partial charge in [0.2, 0.25) is 0 Å². The van der Waals surface area contributed by atoms with E-state index in [-0.39, 0.29) is 5.15 Å². The number of anilines is 1. The minimum absolute atomic E-state index is 0.222. The zero-order chi connectivity index (χ0) is 14.5. The summed E-state index contributed by atoms with van der Waals surface area (Å²) in [7, 11) is 4.16. The van der Waals surface area contributed by atoms with Crippen molar-refractivity contribution in [2.24, 2.45) is 0 Å². The lowest BCUT2D eigenvalue weighted by Crippen LogP contribution is -2.48. The number of carbonyl (C=O) groups is 1. The molecule has 0 spiro atoms. The summed E-state index contributed by atoms with van der Waals surface area (Å²) in [4.78, 5) is 25.9. The third kappa shape index (κ3) is 3.65. The Morgan fingerprint density at radius 1 is 1.30 bits per heavy atom. The monoisotopic (exact) mass is 297 g/mol. The summed E-state index contributed by atoms with van der Waals surface area (Å²) >= 11 is 5.94. The predicted molar refractivity (Wildman–Crippen MR) is 79.6 cm³/mol. The van der Waals surface area contributed by atoms with Crippen LogP contribution in [-0.2, 0) is 0 Å². The van der Waals surface area contributed by atoms with E-state index < -0.39 is 0 Å². The van der Waals surface area contributed by atoms with Crippen LogP contribution < -0.4 is 4.90 Å². The predicted octanol–water partition coefficient (Wildman–Crippen LogP) is 0.626. The van der Waals surface area contributed by atoms with Crippen molar-refractivity contribution in [2.45, 2.75) is 0 Å². The topological polar surface area (TPSA) is 52.6 Å². The summed E-state index contributed by atoms with van der Waals surface area (Å²) in [6, 6.07) is 0. The van der Waals surface area contributed by atoms with Crippen molar-refractivity contribution in [1.82, 2.24) is 19.8 Å². The molecule has 0 N–H and O–H groups in total. The molecule has 1 aromatic heterocycles. The van der Waals surface area contributed by atoms with E-state index in [1.165, 1.54) is 6.33 Å². The molecular weight excluding hydrogens is 278 g/mol. The molecule has 7 heteroatoms. The zero-order valence-corrected chi connectivity index (χ0v) is 12.7. The summed E-state index contributed by atoms with van der Waals surface area (Å²) < 4.78 is 0. The lowest BCUT2D eigenvalue weighted by molar-refractivity contribution is 0.112. The third-order valence-corrected chi connectivity index (χ3v) is 3.77. The molecule has 0 radical (unpaired) electrons. The second kappa shape index (κ2) is 6.97. The van der Waals surface area contributed by atoms with Gasteiger partial charge in [-0.25, -0.2) is 9.97 Å². The van der Waals surface area contributed by atoms with Gasteiger partial charge < -0.3 is 9.80 Å². The Kier molecular flexibility index (Phi) is 5.28. The smallest absolute Gasteiger partial charge is 0.156 e. The van der Waals surface area contributed by atoms with E-state index in [9.17, 15) is 4.79 Å². The fourth-order valence-corrected chi connectivity index (χ4v) is 2.42. The van der Waals surface area contributed by atoms with Crippen molar-refractivity contribution in [3.05, 3.63) is 17.0 Å². The van der Waals surface area contributed by atoms with Crippen LogP contribution in [0.1, 0.15) is 10.4 Å². The molecule has 0 unspecified atom stereocenters. The van der Waals surface area contributed by atoms with E-state index in [4.69, 9.17) is 11.6 Å². The molecule has 2 rings (SSSR count). The number of halogens is 1. The van der Waals surface area contributed by atoms with Gasteiger partial charge in [0, 0.05) is 39.3 Å². The Labute approximate surface area is 124 Å². The molecule has 0 amide bonds. The number of piperazine rings is 1. The first kappa shape index (κ1) is 15.2. The molecule has 1 saturated heterocycles. The van der Waals surface area contributed by atoms with Crippen molar-refractivity contribution in [3.63, 3.8) is 0 Å². The summed E-state index contributed by atoms with van der Waals surface area (Å²) in [6.45, 7) is 5.75. The Morgan fingerprint density at radius 3 is 2.60 bits per heavy atom. The average molecular weight is 298 g/mol. The number of likely N-dealkylation sites (N-methyl/N-ethyl adjacent to an activating group) is 1. The van der Waals surface area contributed by atoms with Crippen LogP contribution in [0.4, 0.5) is 5.82 Å². The molecule has 110 valence electrons. The van der Waals surface area contributed by atoms with Gasteiger partial charge in [-0.3, -0.25) is 9.69 Å². The largest absolute Gasteiger partial charge is 0.353 e. The molecule has 1 fully saturated rings. The van der Waals surface area contributed by atoms with E-state index in [1.807, 2.05) is 0 Å². The highest BCUT2D eigenvalue weighted by Gasteiger charge is 2.21. The van der Waals surface area contributed by atoms with Gasteiger partial charge in [0.15, 0.2) is 6.29 Å². The molecule has 1 aliphatic heterocycles. The molecule has 0 aromatic carbocycles. The van der Waals surface area contributed by atoms with Crippen LogP contribution >= 0.6 is 11.6 Å². The Morgan fingerprint density at radius 2 is 2.00 bits per heavy atom. The van der Waals surface area contributed by atoms with Crippen molar-refractivity contribution in [2.75, 3.05) is 58.3 Å². The Balaban J connectivity index is 1.97. The van der Waals surface area contributed by atoms with Crippen LogP contribution in [0.5, 0.6) is 0 Å². The van der Waals surface area contributed by atoms with Gasteiger partial charge in [0.25, 0.3) is 0 Å². The standard InChI is InChI=1S/C13H20ClN5O/c1-17(2)3-4-18-5-7-19(8-6-18)13-11(9-20)12(14)15-10-16-13/h9-10H,3-8H2,1-2H3. The number of carbonyl (C=O) groups excluding carboxylic acids is 1. The zero-order valence-electron chi connectivity index (χ0n) is 11.9. The average Bonchev–Trinajstić information content (AvgIpc) is 2.45. The number of rotatable bonds is 5. The molecule has 1 aliphatic rings. The number of hydrogen-bond donors (Lipinski definition) is 0. The molecule has 2 heterocycles. The van der Waals surface area contributed by atoms with Crippen LogP contribution in [0.3, 0.4) is 0 Å². The molecule has 0 aliphatic carbocycles. The summed E-state index contributed by atoms with van der Waals surface area (Å²) in [5.74, 6) is 0.646. The van der Waals surface area contributed by atoms with Gasteiger partial charge in [-0.1, -0.05) is 11.6 Å². The summed E-state index contributed by atoms with van der Waals surface area (Å²) in [5.41, 5.74) is 0.385. The fraction of sp³-hybridized carbons (Fsp3) is 0.615. The summed E-state index contributed by atoms with van der Waals surface area (Å²) in [5, 5.41) is 0.222. The lowest BCUT2D eigenvalue weighted by atomic mass is 10.2. The van der Waals surface area contributed by atoms with E-state index in [2.05, 4.69) is 38.8 Å². The minimum atomic E-state index is 0.222. The molecule has 20 heavy (non-hydrogen) atoms. The fourth-order valence-electron chi connectivity index (χ4n) is 2.24. The highest BCUT2D eigenvalue weighted by atomic mass is 35.5. The van der Waals surface area contributed by atoms with Crippen LogP contribution in [0.2, 0.25) is 5.15 Å². The number of aldehydes is 1. The van der Waals surface area contributed by atoms with Gasteiger partial charge in [-0.2, -0.15) is 0 Å². The van der Waals surface area contributed by atoms with Crippen LogP contribution in [-0.4, -0.2) is 79.4 Å². The van der Waals surface area contributed by atoms with Gasteiger partial charge >= 0.3 is 0 Å². The quantitative estimate of drug-likeness (QED) is 0.587. The molecule has 0 bridgehead atoms. The molecular formula is C13H20ClN5O. The first-order valence-corrected chi connectivity index (χ1v) is 7.07. The second-order valence-corrected chi connectivity index (χ2v) is 5.51. The first-order chi connectivity index (χ1) is 9.61. The molecule has 0 atom stereocenters. The van der Waals surface area contributed by atoms with Crippen LogP contribution in [0.25, 0.3) is 0 Å². The minimum Gasteiger partial charge on any atom is -0.353 e. The van der Waals surface area contributed by atoms with Crippen LogP contribution in [0.15, 0.2) is 6.33 Å². The SMILES string of the molecule is CN(C)CCN1CCN(c2ncnc(Cl)c2C=O)CC1. The van der Waals surface area contributed by atoms with Gasteiger partial charge in [0.05, 0.1) is 5.56 Å². The van der Waals surface area contributed by atoms with E-state index in [1.54, 1.807) is 0 Å². The van der Waals surface area contributed by atoms with E-state index in [0.717, 1.165) is 45.6 Å². The van der Waals surface area contributed by atoms with Crippen molar-refractivity contribution >= 4 is 23.7 Å². The van der Waals surface area contributed by atoms with E-state index in [0.29, 0.717) is 11.4 Å². The van der Waals surface area contributed by atoms with Gasteiger partial charge in [0.1, 0.15) is 17.3 Å². The maximum atomic E-state index is 11.1. The second-order valence-electron chi connectivity index (χ2n) is 5.15. The highest BCUT2D eigenvalue weighted by molar-refractivity contribution is 6.32. The van der Waals surface area contributed by atoms with Crippen molar-refractivity contribution in [3.8, 4) is 0 Å². The number of nitrogens with zero attached hydrogens (tertiary/aromatic N) is 5. The molecule has 6 nitrogen and oxygen atoms in total. The van der Waals surface area contributed by atoms with Crippen LogP contribution in [0, 0.1) is 0 Å². The van der Waals surface area contributed by atoms with Gasteiger partial charge in [-0.05, 0) is 14.1 Å². The molecule has 0 saturated carbocycles. The number of hydrogen-bond acceptors (Lipinski definition) is 6. The van der Waals surface area contributed by atoms with Crippen molar-refractivity contribution < 1.29 is 4.79 Å². The number of aromatic nitrogens is 2. The normalized spacial score (nSPS) is 16.7. The maximum absolute atomic E-state index is 11.1. The lowest BCUT2D eigenvalue weighted by Gasteiger charge is -2.36. The Bertz CT molecular complexity index is 460. The summed E-state index contributed by atoms with van der Waals surface area (Å²) in [6.07, 6.45) is 2.14. The van der Waals surface area contributed by atoms with E-state index >= 15 is 0 Å². The Hall–Kier alpha value is -1.24. The van der Waals surface area contributed by atoms with Crippen molar-refractivity contribution in [1.29, 1.82) is 0 Å².